The van der Waals surface area contributed by atoms with E-state index in [9.17, 15) is 4.57 Å². The molecule has 5 nitrogen and oxygen atoms in total. The summed E-state index contributed by atoms with van der Waals surface area (Å²) in [5.41, 5.74) is 0. The Bertz CT molecular complexity index is 219. The Balaban J connectivity index is 4.48. The lowest BCUT2D eigenvalue weighted by molar-refractivity contribution is 0.219. The third-order valence-corrected chi connectivity index (χ3v) is 2.90. The molecule has 0 atom stereocenters. The topological polar surface area (TPSA) is 57.1 Å². The first-order chi connectivity index (χ1) is 6.58. The van der Waals surface area contributed by atoms with E-state index in [2.05, 4.69) is 4.76 Å². The van der Waals surface area contributed by atoms with Crippen LogP contribution in [0.5, 0.6) is 0 Å². The molecule has 0 N–H and O–H groups in total. The molecule has 0 aromatic carbocycles. The molecule has 0 saturated carbocycles. The molecular weight excluding hydrogens is 205 g/mol. The van der Waals surface area contributed by atoms with Gasteiger partial charge in [-0.25, -0.2) is 4.57 Å². The van der Waals surface area contributed by atoms with Crippen molar-refractivity contribution in [2.45, 2.75) is 27.7 Å². The minimum atomic E-state index is -3.34. The van der Waals surface area contributed by atoms with Gasteiger partial charge in [-0.1, -0.05) is 0 Å². The van der Waals surface area contributed by atoms with Gasteiger partial charge >= 0.3 is 7.75 Å². The fourth-order valence-electron chi connectivity index (χ4n) is 0.832. The van der Waals surface area contributed by atoms with Crippen molar-refractivity contribution in [3.63, 3.8) is 0 Å². The van der Waals surface area contributed by atoms with Gasteiger partial charge in [-0.2, -0.15) is 0 Å². The number of rotatable bonds is 6. The molecule has 0 amide bonds. The van der Waals surface area contributed by atoms with Crippen molar-refractivity contribution in [1.82, 2.24) is 0 Å². The maximum absolute atomic E-state index is 11.8. The smallest absolute Gasteiger partial charge is 0.456 e. The Hall–Kier alpha value is -0.380. The molecule has 0 heterocycles. The second-order valence-electron chi connectivity index (χ2n) is 2.36. The average molecular weight is 223 g/mol. The normalized spacial score (nSPS) is 13.0. The minimum absolute atomic E-state index is 0.292. The summed E-state index contributed by atoms with van der Waals surface area (Å²) >= 11 is 0. The van der Waals surface area contributed by atoms with Crippen LogP contribution in [0.2, 0.25) is 0 Å². The van der Waals surface area contributed by atoms with Gasteiger partial charge in [0.15, 0.2) is 5.90 Å². The molecule has 0 rings (SSSR count). The van der Waals surface area contributed by atoms with E-state index in [4.69, 9.17) is 13.8 Å². The van der Waals surface area contributed by atoms with Crippen molar-refractivity contribution >= 4 is 13.6 Å². The van der Waals surface area contributed by atoms with Crippen molar-refractivity contribution in [2.24, 2.45) is 4.76 Å². The van der Waals surface area contributed by atoms with Gasteiger partial charge in [0.1, 0.15) is 0 Å². The summed E-state index contributed by atoms with van der Waals surface area (Å²) < 4.78 is 30.5. The van der Waals surface area contributed by atoms with E-state index in [1.54, 1.807) is 20.8 Å². The van der Waals surface area contributed by atoms with Crippen LogP contribution >= 0.6 is 7.75 Å². The highest BCUT2D eigenvalue weighted by Crippen LogP contribution is 2.49. The molecule has 0 saturated heterocycles. The van der Waals surface area contributed by atoms with E-state index in [-0.39, 0.29) is 0 Å². The zero-order chi connectivity index (χ0) is 11.0. The maximum atomic E-state index is 11.8. The monoisotopic (exact) mass is 223 g/mol. The van der Waals surface area contributed by atoms with Crippen LogP contribution in [0, 0.1) is 0 Å². The van der Waals surface area contributed by atoms with Crippen molar-refractivity contribution in [1.29, 1.82) is 0 Å². The number of hydrogen-bond donors (Lipinski definition) is 0. The van der Waals surface area contributed by atoms with Gasteiger partial charge in [0, 0.05) is 6.92 Å². The summed E-state index contributed by atoms with van der Waals surface area (Å²) in [5.74, 6) is 0.317. The lowest BCUT2D eigenvalue weighted by atomic mass is 10.7. The third-order valence-electron chi connectivity index (χ3n) is 1.20. The van der Waals surface area contributed by atoms with E-state index in [0.29, 0.717) is 25.7 Å². The summed E-state index contributed by atoms with van der Waals surface area (Å²) in [6.07, 6.45) is 0. The molecular formula is C8H18NO4P. The quantitative estimate of drug-likeness (QED) is 0.394. The van der Waals surface area contributed by atoms with Crippen molar-refractivity contribution in [3.8, 4) is 0 Å². The van der Waals surface area contributed by atoms with Crippen molar-refractivity contribution in [2.75, 3.05) is 19.8 Å². The molecule has 0 aliphatic heterocycles. The molecule has 0 radical (unpaired) electrons. The molecule has 0 spiro atoms. The van der Waals surface area contributed by atoms with Crippen LogP contribution in [0.3, 0.4) is 0 Å². The summed E-state index contributed by atoms with van der Waals surface area (Å²) in [7, 11) is -3.34. The molecule has 0 aliphatic rings. The molecule has 0 unspecified atom stereocenters. The summed E-state index contributed by atoms with van der Waals surface area (Å²) in [5, 5.41) is 0. The Labute approximate surface area is 85.0 Å². The van der Waals surface area contributed by atoms with E-state index in [1.165, 1.54) is 0 Å². The Morgan fingerprint density at radius 3 is 2.00 bits per heavy atom. The predicted octanol–water partition coefficient (Wildman–Crippen LogP) is 2.62. The number of hydrogen-bond acceptors (Lipinski definition) is 4. The molecule has 84 valence electrons. The average Bonchev–Trinajstić information content (AvgIpc) is 2.04. The third kappa shape index (κ3) is 5.37. The Morgan fingerprint density at radius 1 is 1.14 bits per heavy atom. The molecule has 0 aliphatic carbocycles. The van der Waals surface area contributed by atoms with Crippen molar-refractivity contribution < 1.29 is 18.3 Å². The van der Waals surface area contributed by atoms with E-state index in [1.807, 2.05) is 6.92 Å². The Kier molecular flexibility index (Phi) is 6.79. The maximum Gasteiger partial charge on any atom is 0.456 e. The highest BCUT2D eigenvalue weighted by Gasteiger charge is 2.23. The first-order valence-electron chi connectivity index (χ1n) is 4.66. The first kappa shape index (κ1) is 13.6. The molecule has 0 aromatic rings. The van der Waals surface area contributed by atoms with Crippen LogP contribution in [0.25, 0.3) is 0 Å². The van der Waals surface area contributed by atoms with E-state index < -0.39 is 7.75 Å². The fourth-order valence-corrected chi connectivity index (χ4v) is 2.08. The summed E-state index contributed by atoms with van der Waals surface area (Å²) in [6.45, 7) is 7.97. The van der Waals surface area contributed by atoms with Gasteiger partial charge in [-0.05, 0) is 20.8 Å². The van der Waals surface area contributed by atoms with Crippen LogP contribution in [-0.4, -0.2) is 25.7 Å². The van der Waals surface area contributed by atoms with E-state index in [0.717, 1.165) is 0 Å². The second kappa shape index (κ2) is 6.98. The fraction of sp³-hybridized carbons (Fsp3) is 0.875. The van der Waals surface area contributed by atoms with Crippen LogP contribution in [-0.2, 0) is 18.3 Å². The summed E-state index contributed by atoms with van der Waals surface area (Å²) in [4.78, 5) is 0. The first-order valence-corrected chi connectivity index (χ1v) is 6.16. The van der Waals surface area contributed by atoms with E-state index >= 15 is 0 Å². The SMILES string of the molecule is CCOC(C)=NP(=O)(OCC)OCC. The van der Waals surface area contributed by atoms with Crippen LogP contribution < -0.4 is 0 Å². The van der Waals surface area contributed by atoms with Gasteiger partial charge in [0.2, 0.25) is 0 Å². The summed E-state index contributed by atoms with van der Waals surface area (Å²) in [6, 6.07) is 0. The van der Waals surface area contributed by atoms with Crippen LogP contribution in [0.4, 0.5) is 0 Å². The number of ether oxygens (including phenoxy) is 1. The highest BCUT2D eigenvalue weighted by molar-refractivity contribution is 7.52. The van der Waals surface area contributed by atoms with Gasteiger partial charge in [-0.15, -0.1) is 4.76 Å². The van der Waals surface area contributed by atoms with Gasteiger partial charge in [0.05, 0.1) is 19.8 Å². The Morgan fingerprint density at radius 2 is 1.64 bits per heavy atom. The van der Waals surface area contributed by atoms with Crippen LogP contribution in [0.1, 0.15) is 27.7 Å². The molecule has 0 bridgehead atoms. The largest absolute Gasteiger partial charge is 0.481 e. The second-order valence-corrected chi connectivity index (χ2v) is 4.01. The minimum Gasteiger partial charge on any atom is -0.481 e. The lowest BCUT2D eigenvalue weighted by Gasteiger charge is -2.12. The molecule has 0 aromatic heterocycles. The molecule has 0 fully saturated rings. The molecule has 14 heavy (non-hydrogen) atoms. The van der Waals surface area contributed by atoms with Crippen LogP contribution in [0.15, 0.2) is 4.76 Å². The number of nitrogens with zero attached hydrogens (tertiary/aromatic N) is 1. The van der Waals surface area contributed by atoms with Gasteiger partial charge in [-0.3, -0.25) is 9.05 Å². The zero-order valence-corrected chi connectivity index (χ0v) is 10.0. The van der Waals surface area contributed by atoms with Gasteiger partial charge < -0.3 is 4.74 Å². The zero-order valence-electron chi connectivity index (χ0n) is 9.15. The molecule has 6 heteroatoms. The predicted molar refractivity (Wildman–Crippen MR) is 55.6 cm³/mol. The standard InChI is InChI=1S/C8H18NO4P/c1-5-11-8(4)9-14(10,12-6-2)13-7-3/h5-7H2,1-4H3. The lowest BCUT2D eigenvalue weighted by Crippen LogP contribution is -2.01. The highest BCUT2D eigenvalue weighted by atomic mass is 31.2. The van der Waals surface area contributed by atoms with Gasteiger partial charge in [0.25, 0.3) is 0 Å². The van der Waals surface area contributed by atoms with Crippen molar-refractivity contribution in [3.05, 3.63) is 0 Å².